The first-order chi connectivity index (χ1) is 15.2. The van der Waals surface area contributed by atoms with Crippen LogP contribution < -0.4 is 5.73 Å². The standard InChI is InChI=1S/C28H23N3/c1-20-16-18-23(19-17-20)31-27(22-12-6-3-7-13-22)26(21-10-4-2-5-11-21)30-28(31)24-14-8-9-15-25(24)29/h2-19H,29H2,1H3. The van der Waals surface area contributed by atoms with Gasteiger partial charge in [0, 0.05) is 28.1 Å². The summed E-state index contributed by atoms with van der Waals surface area (Å²) in [6, 6.07) is 37.2. The average Bonchev–Trinajstić information content (AvgIpc) is 3.21. The van der Waals surface area contributed by atoms with E-state index in [1.165, 1.54) is 5.56 Å². The highest BCUT2D eigenvalue weighted by molar-refractivity contribution is 5.86. The minimum absolute atomic E-state index is 0.708. The van der Waals surface area contributed by atoms with Gasteiger partial charge >= 0.3 is 0 Å². The monoisotopic (exact) mass is 401 g/mol. The van der Waals surface area contributed by atoms with Crippen LogP contribution in [-0.2, 0) is 0 Å². The molecule has 31 heavy (non-hydrogen) atoms. The summed E-state index contributed by atoms with van der Waals surface area (Å²) >= 11 is 0. The third-order valence-corrected chi connectivity index (χ3v) is 5.47. The predicted molar refractivity (Wildman–Crippen MR) is 129 cm³/mol. The second-order valence-electron chi connectivity index (χ2n) is 7.62. The SMILES string of the molecule is Cc1ccc(-n2c(-c3ccccc3N)nc(-c3ccccc3)c2-c2ccccc2)cc1. The second-order valence-corrected chi connectivity index (χ2v) is 7.62. The Morgan fingerprint density at radius 1 is 0.645 bits per heavy atom. The molecule has 0 aliphatic carbocycles. The smallest absolute Gasteiger partial charge is 0.147 e. The van der Waals surface area contributed by atoms with E-state index in [4.69, 9.17) is 10.7 Å². The van der Waals surface area contributed by atoms with Gasteiger partial charge in [-0.2, -0.15) is 0 Å². The lowest BCUT2D eigenvalue weighted by Gasteiger charge is -2.14. The van der Waals surface area contributed by atoms with Gasteiger partial charge in [-0.05, 0) is 31.2 Å². The summed E-state index contributed by atoms with van der Waals surface area (Å²) in [7, 11) is 0. The van der Waals surface area contributed by atoms with Crippen LogP contribution in [-0.4, -0.2) is 9.55 Å². The number of nitrogen functional groups attached to an aromatic ring is 1. The van der Waals surface area contributed by atoms with Crippen LogP contribution in [0.2, 0.25) is 0 Å². The summed E-state index contributed by atoms with van der Waals surface area (Å²) in [6.07, 6.45) is 0. The number of imidazole rings is 1. The topological polar surface area (TPSA) is 43.8 Å². The number of aromatic nitrogens is 2. The molecule has 4 aromatic carbocycles. The van der Waals surface area contributed by atoms with Crippen molar-refractivity contribution in [1.82, 2.24) is 9.55 Å². The minimum Gasteiger partial charge on any atom is -0.398 e. The van der Waals surface area contributed by atoms with E-state index in [1.54, 1.807) is 0 Å². The molecular formula is C28H23N3. The maximum atomic E-state index is 6.41. The highest BCUT2D eigenvalue weighted by atomic mass is 15.1. The molecule has 0 aliphatic rings. The molecule has 0 radical (unpaired) electrons. The van der Waals surface area contributed by atoms with Crippen LogP contribution in [0.15, 0.2) is 109 Å². The lowest BCUT2D eigenvalue weighted by Crippen LogP contribution is -2.02. The zero-order valence-corrected chi connectivity index (χ0v) is 17.4. The van der Waals surface area contributed by atoms with Gasteiger partial charge in [-0.1, -0.05) is 90.5 Å². The summed E-state index contributed by atoms with van der Waals surface area (Å²) in [5, 5.41) is 0. The molecule has 0 aliphatic heterocycles. The lowest BCUT2D eigenvalue weighted by molar-refractivity contribution is 1.07. The van der Waals surface area contributed by atoms with Gasteiger partial charge in [0.25, 0.3) is 0 Å². The van der Waals surface area contributed by atoms with Crippen LogP contribution >= 0.6 is 0 Å². The highest BCUT2D eigenvalue weighted by Gasteiger charge is 2.23. The molecule has 2 N–H and O–H groups in total. The van der Waals surface area contributed by atoms with E-state index >= 15 is 0 Å². The Morgan fingerprint density at radius 2 is 1.23 bits per heavy atom. The molecule has 0 fully saturated rings. The Hall–Kier alpha value is -4.11. The van der Waals surface area contributed by atoms with Gasteiger partial charge in [0.05, 0.1) is 11.4 Å². The number of nitrogens with zero attached hydrogens (tertiary/aromatic N) is 2. The van der Waals surface area contributed by atoms with Gasteiger partial charge in [-0.3, -0.25) is 4.57 Å². The van der Waals surface area contributed by atoms with Crippen molar-refractivity contribution >= 4 is 5.69 Å². The van der Waals surface area contributed by atoms with E-state index in [0.29, 0.717) is 5.69 Å². The molecule has 3 nitrogen and oxygen atoms in total. The van der Waals surface area contributed by atoms with E-state index in [0.717, 1.165) is 39.6 Å². The quantitative estimate of drug-likeness (QED) is 0.338. The van der Waals surface area contributed by atoms with Gasteiger partial charge in [-0.15, -0.1) is 0 Å². The predicted octanol–water partition coefficient (Wildman–Crippen LogP) is 6.76. The van der Waals surface area contributed by atoms with Crippen LogP contribution in [0.4, 0.5) is 5.69 Å². The molecule has 0 amide bonds. The summed E-state index contributed by atoms with van der Waals surface area (Å²) < 4.78 is 2.22. The highest BCUT2D eigenvalue weighted by Crippen LogP contribution is 2.39. The Labute approximate surface area is 182 Å². The summed E-state index contributed by atoms with van der Waals surface area (Å²) in [4.78, 5) is 5.17. The second kappa shape index (κ2) is 7.96. The lowest BCUT2D eigenvalue weighted by atomic mass is 10.0. The van der Waals surface area contributed by atoms with Gasteiger partial charge in [0.2, 0.25) is 0 Å². The van der Waals surface area contributed by atoms with Gasteiger partial charge < -0.3 is 5.73 Å². The fourth-order valence-corrected chi connectivity index (χ4v) is 3.91. The molecule has 5 aromatic rings. The van der Waals surface area contributed by atoms with E-state index in [-0.39, 0.29) is 0 Å². The van der Waals surface area contributed by atoms with Crippen LogP contribution in [0.25, 0.3) is 39.6 Å². The van der Waals surface area contributed by atoms with Crippen LogP contribution in [0.3, 0.4) is 0 Å². The van der Waals surface area contributed by atoms with Crippen LogP contribution in [0.1, 0.15) is 5.56 Å². The number of para-hydroxylation sites is 1. The fourth-order valence-electron chi connectivity index (χ4n) is 3.91. The normalized spacial score (nSPS) is 10.9. The molecule has 1 heterocycles. The molecule has 0 saturated heterocycles. The molecular weight excluding hydrogens is 378 g/mol. The molecule has 0 atom stereocenters. The largest absolute Gasteiger partial charge is 0.398 e. The Balaban J connectivity index is 1.90. The number of rotatable bonds is 4. The van der Waals surface area contributed by atoms with Crippen molar-refractivity contribution in [3.05, 3.63) is 115 Å². The molecule has 3 heteroatoms. The minimum atomic E-state index is 0.708. The van der Waals surface area contributed by atoms with E-state index in [2.05, 4.69) is 72.2 Å². The average molecular weight is 402 g/mol. The molecule has 0 unspecified atom stereocenters. The van der Waals surface area contributed by atoms with Gasteiger partial charge in [-0.25, -0.2) is 4.98 Å². The number of anilines is 1. The fraction of sp³-hybridized carbons (Fsp3) is 0.0357. The summed E-state index contributed by atoms with van der Waals surface area (Å²) in [6.45, 7) is 2.10. The Morgan fingerprint density at radius 3 is 1.87 bits per heavy atom. The molecule has 5 rings (SSSR count). The molecule has 150 valence electrons. The van der Waals surface area contributed by atoms with Crippen molar-refractivity contribution in [2.24, 2.45) is 0 Å². The first-order valence-electron chi connectivity index (χ1n) is 10.4. The molecule has 0 spiro atoms. The zero-order chi connectivity index (χ0) is 21.2. The van der Waals surface area contributed by atoms with Gasteiger partial charge in [0.15, 0.2) is 0 Å². The molecule has 0 bridgehead atoms. The van der Waals surface area contributed by atoms with E-state index in [9.17, 15) is 0 Å². The molecule has 0 saturated carbocycles. The van der Waals surface area contributed by atoms with Crippen molar-refractivity contribution in [3.63, 3.8) is 0 Å². The number of nitrogens with two attached hydrogens (primary N) is 1. The van der Waals surface area contributed by atoms with Crippen molar-refractivity contribution in [1.29, 1.82) is 0 Å². The first-order valence-corrected chi connectivity index (χ1v) is 10.4. The Bertz CT molecular complexity index is 1320. The molecule has 1 aromatic heterocycles. The third-order valence-electron chi connectivity index (χ3n) is 5.47. The van der Waals surface area contributed by atoms with Crippen molar-refractivity contribution in [2.75, 3.05) is 5.73 Å². The summed E-state index contributed by atoms with van der Waals surface area (Å²) in [5.41, 5.74) is 14.5. The maximum absolute atomic E-state index is 6.41. The Kier molecular flexibility index (Phi) is 4.85. The van der Waals surface area contributed by atoms with Crippen molar-refractivity contribution < 1.29 is 0 Å². The van der Waals surface area contributed by atoms with Crippen molar-refractivity contribution in [2.45, 2.75) is 6.92 Å². The number of hydrogen-bond donors (Lipinski definition) is 1. The first kappa shape index (κ1) is 18.9. The van der Waals surface area contributed by atoms with E-state index < -0.39 is 0 Å². The number of benzene rings is 4. The van der Waals surface area contributed by atoms with Crippen LogP contribution in [0, 0.1) is 6.92 Å². The van der Waals surface area contributed by atoms with E-state index in [1.807, 2.05) is 48.5 Å². The van der Waals surface area contributed by atoms with Crippen molar-refractivity contribution in [3.8, 4) is 39.6 Å². The number of aryl methyl sites for hydroxylation is 1. The van der Waals surface area contributed by atoms with Gasteiger partial charge in [0.1, 0.15) is 5.82 Å². The zero-order valence-electron chi connectivity index (χ0n) is 17.4. The van der Waals surface area contributed by atoms with Crippen LogP contribution in [0.5, 0.6) is 0 Å². The maximum Gasteiger partial charge on any atom is 0.147 e. The summed E-state index contributed by atoms with van der Waals surface area (Å²) in [5.74, 6) is 0.833. The third kappa shape index (κ3) is 3.51. The number of hydrogen-bond acceptors (Lipinski definition) is 2.